The number of rotatable bonds is 1. The molecule has 0 bridgehead atoms. The van der Waals surface area contributed by atoms with Crippen molar-refractivity contribution in [3.05, 3.63) is 47.3 Å². The van der Waals surface area contributed by atoms with Crippen molar-refractivity contribution >= 4 is 16.8 Å². The Bertz CT molecular complexity index is 781. The van der Waals surface area contributed by atoms with Crippen molar-refractivity contribution in [2.45, 2.75) is 13.0 Å². The molecule has 3 heterocycles. The summed E-state index contributed by atoms with van der Waals surface area (Å²) in [6.45, 7) is 1.89. The average Bonchev–Trinajstić information content (AvgIpc) is 2.92. The summed E-state index contributed by atoms with van der Waals surface area (Å²) in [6.07, 6.45) is 2.09. The summed E-state index contributed by atoms with van der Waals surface area (Å²) < 4.78 is 24.0. The molecule has 4 rings (SSSR count). The Morgan fingerprint density at radius 1 is 1.32 bits per heavy atom. The molecular formula is C16H15FN2O3. The molecule has 1 amide bonds. The van der Waals surface area contributed by atoms with Crippen molar-refractivity contribution < 1.29 is 18.7 Å². The van der Waals surface area contributed by atoms with Gasteiger partial charge in [-0.3, -0.25) is 4.79 Å². The van der Waals surface area contributed by atoms with E-state index >= 15 is 0 Å². The molecule has 0 saturated heterocycles. The molecule has 0 unspecified atom stereocenters. The number of aromatic nitrogens is 1. The SMILES string of the molecule is O=C(C1=COCCO1)N1CCc2[nH]c3ccc(F)cc3c2C1. The highest BCUT2D eigenvalue weighted by molar-refractivity contribution is 5.92. The molecule has 0 fully saturated rings. The fraction of sp³-hybridized carbons (Fsp3) is 0.312. The molecule has 2 aliphatic heterocycles. The van der Waals surface area contributed by atoms with Crippen LogP contribution in [0.3, 0.4) is 0 Å². The average molecular weight is 302 g/mol. The van der Waals surface area contributed by atoms with Crippen LogP contribution in [0.25, 0.3) is 10.9 Å². The highest BCUT2D eigenvalue weighted by atomic mass is 19.1. The summed E-state index contributed by atoms with van der Waals surface area (Å²) in [7, 11) is 0. The Morgan fingerprint density at radius 3 is 3.05 bits per heavy atom. The van der Waals surface area contributed by atoms with Crippen molar-refractivity contribution in [3.8, 4) is 0 Å². The van der Waals surface area contributed by atoms with E-state index < -0.39 is 0 Å². The number of carbonyl (C=O) groups is 1. The van der Waals surface area contributed by atoms with Crippen molar-refractivity contribution in [2.75, 3.05) is 19.8 Å². The molecule has 1 aromatic heterocycles. The van der Waals surface area contributed by atoms with E-state index in [0.717, 1.165) is 22.2 Å². The van der Waals surface area contributed by atoms with Gasteiger partial charge in [0.15, 0.2) is 0 Å². The van der Waals surface area contributed by atoms with Crippen LogP contribution in [0.4, 0.5) is 4.39 Å². The molecule has 1 aromatic carbocycles. The van der Waals surface area contributed by atoms with Crippen LogP contribution >= 0.6 is 0 Å². The van der Waals surface area contributed by atoms with Gasteiger partial charge in [-0.25, -0.2) is 4.39 Å². The van der Waals surface area contributed by atoms with Crippen LogP contribution in [0.1, 0.15) is 11.3 Å². The fourth-order valence-corrected chi connectivity index (χ4v) is 3.00. The number of ether oxygens (including phenoxy) is 2. The van der Waals surface area contributed by atoms with Crippen LogP contribution < -0.4 is 0 Å². The molecule has 6 heteroatoms. The zero-order chi connectivity index (χ0) is 15.1. The van der Waals surface area contributed by atoms with E-state index in [2.05, 4.69) is 4.98 Å². The molecule has 22 heavy (non-hydrogen) atoms. The van der Waals surface area contributed by atoms with E-state index in [9.17, 15) is 9.18 Å². The minimum atomic E-state index is -0.274. The van der Waals surface area contributed by atoms with Gasteiger partial charge in [-0.15, -0.1) is 0 Å². The van der Waals surface area contributed by atoms with Gasteiger partial charge in [0.25, 0.3) is 5.91 Å². The summed E-state index contributed by atoms with van der Waals surface area (Å²) in [6, 6.07) is 4.68. The Balaban J connectivity index is 1.65. The molecule has 0 aliphatic carbocycles. The fourth-order valence-electron chi connectivity index (χ4n) is 3.00. The lowest BCUT2D eigenvalue weighted by Gasteiger charge is -2.28. The Kier molecular flexibility index (Phi) is 3.03. The second-order valence-electron chi connectivity index (χ2n) is 5.45. The number of nitrogens with zero attached hydrogens (tertiary/aromatic N) is 1. The van der Waals surface area contributed by atoms with E-state index in [1.807, 2.05) is 0 Å². The van der Waals surface area contributed by atoms with Gasteiger partial charge in [0.05, 0.1) is 0 Å². The molecule has 0 radical (unpaired) electrons. The van der Waals surface area contributed by atoms with Crippen molar-refractivity contribution in [1.82, 2.24) is 9.88 Å². The third-order valence-corrected chi connectivity index (χ3v) is 4.08. The topological polar surface area (TPSA) is 54.6 Å². The smallest absolute Gasteiger partial charge is 0.292 e. The summed E-state index contributed by atoms with van der Waals surface area (Å²) >= 11 is 0. The molecular weight excluding hydrogens is 287 g/mol. The number of hydrogen-bond donors (Lipinski definition) is 1. The van der Waals surface area contributed by atoms with Crippen molar-refractivity contribution in [2.24, 2.45) is 0 Å². The van der Waals surface area contributed by atoms with Crippen molar-refractivity contribution in [3.63, 3.8) is 0 Å². The Morgan fingerprint density at radius 2 is 2.23 bits per heavy atom. The number of aromatic amines is 1. The number of H-pyrrole nitrogens is 1. The lowest BCUT2D eigenvalue weighted by Crippen LogP contribution is -2.38. The van der Waals surface area contributed by atoms with Gasteiger partial charge >= 0.3 is 0 Å². The summed E-state index contributed by atoms with van der Waals surface area (Å²) in [4.78, 5) is 17.5. The normalized spacial score (nSPS) is 17.5. The lowest BCUT2D eigenvalue weighted by atomic mass is 10.0. The number of hydrogen-bond acceptors (Lipinski definition) is 3. The molecule has 0 spiro atoms. The molecule has 5 nitrogen and oxygen atoms in total. The van der Waals surface area contributed by atoms with Gasteiger partial charge in [-0.1, -0.05) is 0 Å². The second-order valence-corrected chi connectivity index (χ2v) is 5.45. The molecule has 114 valence electrons. The van der Waals surface area contributed by atoms with Crippen LogP contribution in [0.2, 0.25) is 0 Å². The summed E-state index contributed by atoms with van der Waals surface area (Å²) in [5.41, 5.74) is 2.95. The zero-order valence-corrected chi connectivity index (χ0v) is 11.9. The van der Waals surface area contributed by atoms with E-state index in [-0.39, 0.29) is 17.5 Å². The molecule has 2 aromatic rings. The first kappa shape index (κ1) is 13.2. The lowest BCUT2D eigenvalue weighted by molar-refractivity contribution is -0.133. The highest BCUT2D eigenvalue weighted by Crippen LogP contribution is 2.29. The predicted octanol–water partition coefficient (Wildman–Crippen LogP) is 2.08. The summed E-state index contributed by atoms with van der Waals surface area (Å²) in [5.74, 6) is -0.221. The number of halogens is 1. The molecule has 2 aliphatic rings. The molecule has 0 saturated carbocycles. The maximum atomic E-state index is 13.5. The minimum absolute atomic E-state index is 0.184. The first-order valence-electron chi connectivity index (χ1n) is 7.25. The zero-order valence-electron chi connectivity index (χ0n) is 11.9. The van der Waals surface area contributed by atoms with Crippen LogP contribution in [0.15, 0.2) is 30.2 Å². The van der Waals surface area contributed by atoms with E-state index in [4.69, 9.17) is 9.47 Å². The van der Waals surface area contributed by atoms with Crippen LogP contribution in [-0.2, 0) is 27.2 Å². The third kappa shape index (κ3) is 2.11. The largest absolute Gasteiger partial charge is 0.494 e. The van der Waals surface area contributed by atoms with Gasteiger partial charge in [0.2, 0.25) is 5.76 Å². The van der Waals surface area contributed by atoms with Crippen LogP contribution in [0.5, 0.6) is 0 Å². The number of carbonyl (C=O) groups excluding carboxylic acids is 1. The first-order valence-corrected chi connectivity index (χ1v) is 7.25. The predicted molar refractivity (Wildman–Crippen MR) is 77.4 cm³/mol. The van der Waals surface area contributed by atoms with E-state index in [0.29, 0.717) is 32.7 Å². The maximum Gasteiger partial charge on any atom is 0.292 e. The summed E-state index contributed by atoms with van der Waals surface area (Å²) in [5, 5.41) is 0.835. The van der Waals surface area contributed by atoms with Crippen LogP contribution in [0, 0.1) is 5.82 Å². The second kappa shape index (κ2) is 5.05. The third-order valence-electron chi connectivity index (χ3n) is 4.08. The monoisotopic (exact) mass is 302 g/mol. The Labute approximate surface area is 126 Å². The van der Waals surface area contributed by atoms with E-state index in [1.165, 1.54) is 18.4 Å². The van der Waals surface area contributed by atoms with Gasteiger partial charge in [-0.2, -0.15) is 0 Å². The van der Waals surface area contributed by atoms with Gasteiger partial charge < -0.3 is 19.4 Å². The minimum Gasteiger partial charge on any atom is -0.494 e. The standard InChI is InChI=1S/C16H15FN2O3/c17-10-1-2-13-11(7-10)12-8-19(4-3-14(12)18-13)16(20)15-9-21-5-6-22-15/h1-2,7,9,18H,3-6,8H2. The quantitative estimate of drug-likeness (QED) is 0.877. The molecule has 1 N–H and O–H groups in total. The van der Waals surface area contributed by atoms with Crippen LogP contribution in [-0.4, -0.2) is 35.5 Å². The number of amides is 1. The maximum absolute atomic E-state index is 13.5. The van der Waals surface area contributed by atoms with Gasteiger partial charge in [0.1, 0.15) is 25.3 Å². The Hall–Kier alpha value is -2.50. The highest BCUT2D eigenvalue weighted by Gasteiger charge is 2.28. The van der Waals surface area contributed by atoms with Gasteiger partial charge in [-0.05, 0) is 18.2 Å². The van der Waals surface area contributed by atoms with Crippen molar-refractivity contribution in [1.29, 1.82) is 0 Å². The number of benzene rings is 1. The van der Waals surface area contributed by atoms with E-state index in [1.54, 1.807) is 11.0 Å². The van der Waals surface area contributed by atoms with Gasteiger partial charge in [0, 0.05) is 41.7 Å². The molecule has 0 atom stereocenters. The number of fused-ring (bicyclic) bond motifs is 3. The number of nitrogens with one attached hydrogen (secondary N) is 1. The first-order chi connectivity index (χ1) is 10.7.